The Morgan fingerprint density at radius 2 is 1.86 bits per heavy atom. The van der Waals surface area contributed by atoms with Crippen LogP contribution in [0.15, 0.2) is 24.3 Å². The summed E-state index contributed by atoms with van der Waals surface area (Å²) >= 11 is 3.27. The van der Waals surface area contributed by atoms with E-state index in [9.17, 15) is 9.59 Å². The van der Waals surface area contributed by atoms with Crippen molar-refractivity contribution in [2.24, 2.45) is 0 Å². The third-order valence-electron chi connectivity index (χ3n) is 2.96. The Morgan fingerprint density at radius 1 is 1.24 bits per heavy atom. The topological polar surface area (TPSA) is 61.4 Å². The molecule has 2 amide bonds. The van der Waals surface area contributed by atoms with Crippen LogP contribution in [0.3, 0.4) is 0 Å². The molecule has 0 aliphatic rings. The number of rotatable bonds is 7. The normalized spacial score (nSPS) is 11.6. The lowest BCUT2D eigenvalue weighted by molar-refractivity contribution is -0.120. The second-order valence-electron chi connectivity index (χ2n) is 4.91. The zero-order valence-corrected chi connectivity index (χ0v) is 14.2. The third-order valence-corrected chi connectivity index (χ3v) is 4.02. The summed E-state index contributed by atoms with van der Waals surface area (Å²) in [6.45, 7) is 2.26. The van der Waals surface area contributed by atoms with Gasteiger partial charge in [0.25, 0.3) is 0 Å². The van der Waals surface area contributed by atoms with Crippen molar-refractivity contribution in [1.29, 1.82) is 0 Å². The van der Waals surface area contributed by atoms with Crippen LogP contribution < -0.4 is 15.5 Å². The number of amides is 2. The summed E-state index contributed by atoms with van der Waals surface area (Å²) in [6.07, 6.45) is 0.973. The van der Waals surface area contributed by atoms with Crippen molar-refractivity contribution in [3.8, 4) is 0 Å². The van der Waals surface area contributed by atoms with Gasteiger partial charge in [0.1, 0.15) is 0 Å². The summed E-state index contributed by atoms with van der Waals surface area (Å²) in [5.41, 5.74) is 1.83. The van der Waals surface area contributed by atoms with Crippen LogP contribution in [-0.2, 0) is 9.59 Å². The van der Waals surface area contributed by atoms with E-state index < -0.39 is 0 Å². The van der Waals surface area contributed by atoms with E-state index in [1.54, 1.807) is 0 Å². The van der Waals surface area contributed by atoms with E-state index in [0.717, 1.165) is 17.8 Å². The summed E-state index contributed by atoms with van der Waals surface area (Å²) < 4.78 is 0. The van der Waals surface area contributed by atoms with Crippen molar-refractivity contribution in [2.45, 2.75) is 24.6 Å². The van der Waals surface area contributed by atoms with E-state index in [1.807, 2.05) is 50.2 Å². The van der Waals surface area contributed by atoms with Crippen molar-refractivity contribution in [2.75, 3.05) is 30.9 Å². The Kier molecular flexibility index (Phi) is 7.22. The highest BCUT2D eigenvalue weighted by Crippen LogP contribution is 2.15. The molecule has 0 aromatic heterocycles. The molecule has 1 aromatic rings. The van der Waals surface area contributed by atoms with E-state index in [0.29, 0.717) is 6.54 Å². The Bertz CT molecular complexity index is 474. The second kappa shape index (κ2) is 8.67. The number of hydrogen-bond donors (Lipinski definition) is 2. The number of hydrogen-bond acceptors (Lipinski definition) is 3. The van der Waals surface area contributed by atoms with Crippen LogP contribution in [0.2, 0.25) is 0 Å². The highest BCUT2D eigenvalue weighted by molar-refractivity contribution is 9.10. The molecule has 0 fully saturated rings. The Morgan fingerprint density at radius 3 is 2.38 bits per heavy atom. The van der Waals surface area contributed by atoms with Crippen molar-refractivity contribution >= 4 is 39.1 Å². The van der Waals surface area contributed by atoms with Gasteiger partial charge < -0.3 is 15.5 Å². The van der Waals surface area contributed by atoms with E-state index >= 15 is 0 Å². The molecule has 0 saturated heterocycles. The Hall–Kier alpha value is -1.56. The molecule has 2 N–H and O–H groups in total. The standard InChI is InChI=1S/C15H22BrN3O2/c1-4-13(16)15(21)17-10-9-14(20)18-11-5-7-12(8-6-11)19(2)3/h5-8,13H,4,9-10H2,1-3H3,(H,17,21)(H,18,20). The quantitative estimate of drug-likeness (QED) is 0.738. The molecule has 0 heterocycles. The third kappa shape index (κ3) is 6.16. The first-order valence-electron chi connectivity index (χ1n) is 6.93. The summed E-state index contributed by atoms with van der Waals surface area (Å²) in [4.78, 5) is 25.1. The fourth-order valence-electron chi connectivity index (χ4n) is 1.66. The zero-order chi connectivity index (χ0) is 15.8. The summed E-state index contributed by atoms with van der Waals surface area (Å²) in [5, 5.41) is 5.53. The van der Waals surface area contributed by atoms with E-state index in [4.69, 9.17) is 0 Å². The maximum absolute atomic E-state index is 11.8. The van der Waals surface area contributed by atoms with Crippen LogP contribution in [-0.4, -0.2) is 37.3 Å². The average molecular weight is 356 g/mol. The minimum absolute atomic E-state index is 0.0827. The minimum atomic E-state index is -0.195. The minimum Gasteiger partial charge on any atom is -0.378 e. The van der Waals surface area contributed by atoms with Gasteiger partial charge in [0, 0.05) is 38.4 Å². The first-order chi connectivity index (χ1) is 9.93. The molecule has 1 aromatic carbocycles. The van der Waals surface area contributed by atoms with Gasteiger partial charge in [-0.3, -0.25) is 9.59 Å². The van der Waals surface area contributed by atoms with Crippen LogP contribution >= 0.6 is 15.9 Å². The lowest BCUT2D eigenvalue weighted by atomic mass is 10.2. The van der Waals surface area contributed by atoms with Crippen LogP contribution in [0.4, 0.5) is 11.4 Å². The first kappa shape index (κ1) is 17.5. The second-order valence-corrected chi connectivity index (χ2v) is 6.01. The van der Waals surface area contributed by atoms with Crippen molar-refractivity contribution in [3.63, 3.8) is 0 Å². The summed E-state index contributed by atoms with van der Waals surface area (Å²) in [6, 6.07) is 7.59. The molecule has 1 unspecified atom stereocenters. The maximum atomic E-state index is 11.8. The van der Waals surface area contributed by atoms with Gasteiger partial charge in [0.05, 0.1) is 4.83 Å². The maximum Gasteiger partial charge on any atom is 0.233 e. The molecule has 5 nitrogen and oxygen atoms in total. The van der Waals surface area contributed by atoms with Gasteiger partial charge in [-0.2, -0.15) is 0 Å². The Labute approximate surface area is 134 Å². The molecule has 116 valence electrons. The number of carbonyl (C=O) groups is 2. The lowest BCUT2D eigenvalue weighted by Gasteiger charge is -2.13. The molecule has 0 radical (unpaired) electrons. The summed E-state index contributed by atoms with van der Waals surface area (Å²) in [7, 11) is 3.92. The van der Waals surface area contributed by atoms with Crippen LogP contribution in [0.25, 0.3) is 0 Å². The molecule has 0 bridgehead atoms. The van der Waals surface area contributed by atoms with Gasteiger partial charge in [0.2, 0.25) is 11.8 Å². The van der Waals surface area contributed by atoms with Crippen molar-refractivity contribution in [1.82, 2.24) is 5.32 Å². The molecule has 0 aliphatic heterocycles. The summed E-state index contributed by atoms with van der Waals surface area (Å²) in [5.74, 6) is -0.198. The van der Waals surface area contributed by atoms with Crippen LogP contribution in [0.1, 0.15) is 19.8 Å². The van der Waals surface area contributed by atoms with Gasteiger partial charge in [-0.1, -0.05) is 22.9 Å². The van der Waals surface area contributed by atoms with Crippen molar-refractivity contribution in [3.05, 3.63) is 24.3 Å². The van der Waals surface area contributed by atoms with Gasteiger partial charge in [-0.15, -0.1) is 0 Å². The number of nitrogens with zero attached hydrogens (tertiary/aromatic N) is 1. The van der Waals surface area contributed by atoms with Gasteiger partial charge in [-0.05, 0) is 30.7 Å². The average Bonchev–Trinajstić information content (AvgIpc) is 2.46. The van der Waals surface area contributed by atoms with Gasteiger partial charge in [-0.25, -0.2) is 0 Å². The Balaban J connectivity index is 2.35. The predicted molar refractivity (Wildman–Crippen MR) is 90.0 cm³/mol. The van der Waals surface area contributed by atoms with Crippen LogP contribution in [0.5, 0.6) is 0 Å². The van der Waals surface area contributed by atoms with E-state index in [1.165, 1.54) is 0 Å². The number of nitrogens with one attached hydrogen (secondary N) is 2. The predicted octanol–water partition coefficient (Wildman–Crippen LogP) is 2.37. The highest BCUT2D eigenvalue weighted by atomic mass is 79.9. The lowest BCUT2D eigenvalue weighted by Crippen LogP contribution is -2.33. The fourth-order valence-corrected chi connectivity index (χ4v) is 1.82. The van der Waals surface area contributed by atoms with Crippen molar-refractivity contribution < 1.29 is 9.59 Å². The SMILES string of the molecule is CCC(Br)C(=O)NCCC(=O)Nc1ccc(N(C)C)cc1. The molecular weight excluding hydrogens is 334 g/mol. The fraction of sp³-hybridized carbons (Fsp3) is 0.467. The molecule has 0 saturated carbocycles. The molecule has 0 spiro atoms. The molecule has 1 atom stereocenters. The number of halogens is 1. The van der Waals surface area contributed by atoms with E-state index in [-0.39, 0.29) is 23.1 Å². The van der Waals surface area contributed by atoms with Gasteiger partial charge >= 0.3 is 0 Å². The molecule has 0 aliphatic carbocycles. The number of anilines is 2. The molecular formula is C15H22BrN3O2. The molecule has 6 heteroatoms. The number of benzene rings is 1. The highest BCUT2D eigenvalue weighted by Gasteiger charge is 2.12. The number of carbonyl (C=O) groups excluding carboxylic acids is 2. The van der Waals surface area contributed by atoms with E-state index in [2.05, 4.69) is 26.6 Å². The smallest absolute Gasteiger partial charge is 0.233 e. The first-order valence-corrected chi connectivity index (χ1v) is 7.84. The monoisotopic (exact) mass is 355 g/mol. The van der Waals surface area contributed by atoms with Gasteiger partial charge in [0.15, 0.2) is 0 Å². The molecule has 1 rings (SSSR count). The number of alkyl halides is 1. The zero-order valence-electron chi connectivity index (χ0n) is 12.6. The van der Waals surface area contributed by atoms with Crippen LogP contribution in [0, 0.1) is 0 Å². The molecule has 21 heavy (non-hydrogen) atoms. The largest absolute Gasteiger partial charge is 0.378 e.